The molecule has 6 heteroatoms. The van der Waals surface area contributed by atoms with Gasteiger partial charge in [-0.3, -0.25) is 4.79 Å². The van der Waals surface area contributed by atoms with Gasteiger partial charge in [-0.2, -0.15) is 0 Å². The lowest BCUT2D eigenvalue weighted by Crippen LogP contribution is -2.44. The summed E-state index contributed by atoms with van der Waals surface area (Å²) in [6.07, 6.45) is 2.50. The van der Waals surface area contributed by atoms with Crippen molar-refractivity contribution in [1.82, 2.24) is 5.32 Å². The number of carbonyl (C=O) groups is 1. The first-order chi connectivity index (χ1) is 13.5. The lowest BCUT2D eigenvalue weighted by Gasteiger charge is -2.41. The number of halogens is 2. The Kier molecular flexibility index (Phi) is 6.89. The Labute approximate surface area is 175 Å². The molecular formula is C22H25ClFNO2S. The Balaban J connectivity index is 1.64. The second kappa shape index (κ2) is 9.19. The SMILES string of the molecule is CCC1(CC)C[C@H](NC(=O)CSCc2c(F)cccc2Cl)c2ccccc2O1. The highest BCUT2D eigenvalue weighted by Crippen LogP contribution is 2.42. The number of rotatable bonds is 7. The highest BCUT2D eigenvalue weighted by molar-refractivity contribution is 7.99. The number of hydrogen-bond acceptors (Lipinski definition) is 3. The average Bonchev–Trinajstić information content (AvgIpc) is 2.70. The number of para-hydroxylation sites is 1. The summed E-state index contributed by atoms with van der Waals surface area (Å²) < 4.78 is 20.1. The summed E-state index contributed by atoms with van der Waals surface area (Å²) in [6, 6.07) is 12.4. The zero-order valence-electron chi connectivity index (χ0n) is 16.1. The second-order valence-corrected chi connectivity index (χ2v) is 8.44. The monoisotopic (exact) mass is 421 g/mol. The van der Waals surface area contributed by atoms with Gasteiger partial charge in [0.05, 0.1) is 11.8 Å². The Morgan fingerprint density at radius 3 is 2.71 bits per heavy atom. The summed E-state index contributed by atoms with van der Waals surface area (Å²) in [7, 11) is 0. The van der Waals surface area contributed by atoms with E-state index in [0.29, 0.717) is 16.3 Å². The summed E-state index contributed by atoms with van der Waals surface area (Å²) in [5, 5.41) is 3.54. The Bertz CT molecular complexity index is 821. The highest BCUT2D eigenvalue weighted by Gasteiger charge is 2.38. The van der Waals surface area contributed by atoms with Crippen molar-refractivity contribution in [2.24, 2.45) is 0 Å². The predicted molar refractivity (Wildman–Crippen MR) is 113 cm³/mol. The third-order valence-electron chi connectivity index (χ3n) is 5.36. The standard InChI is InChI=1S/C22H25ClFNO2S/c1-3-22(4-2)12-19(15-8-5-6-11-20(15)27-22)25-21(26)14-28-13-16-17(23)9-7-10-18(16)24/h5-11,19H,3-4,12-14H2,1-2H3,(H,25,26)/t19-/m0/s1. The van der Waals surface area contributed by atoms with Gasteiger partial charge < -0.3 is 10.1 Å². The number of benzene rings is 2. The first-order valence-corrected chi connectivity index (χ1v) is 11.1. The van der Waals surface area contributed by atoms with Crippen LogP contribution in [0, 0.1) is 5.82 Å². The van der Waals surface area contributed by atoms with Crippen LogP contribution in [-0.2, 0) is 10.5 Å². The maximum absolute atomic E-state index is 13.9. The van der Waals surface area contributed by atoms with Crippen LogP contribution in [0.4, 0.5) is 4.39 Å². The summed E-state index contributed by atoms with van der Waals surface area (Å²) in [5.74, 6) is 1.04. The average molecular weight is 422 g/mol. The fraction of sp³-hybridized carbons (Fsp3) is 0.409. The molecule has 0 radical (unpaired) electrons. The van der Waals surface area contributed by atoms with Gasteiger partial charge in [0.1, 0.15) is 17.2 Å². The van der Waals surface area contributed by atoms with E-state index in [1.165, 1.54) is 17.8 Å². The van der Waals surface area contributed by atoms with E-state index in [9.17, 15) is 9.18 Å². The van der Waals surface area contributed by atoms with Crippen LogP contribution in [0.25, 0.3) is 0 Å². The molecule has 1 amide bonds. The number of nitrogens with one attached hydrogen (secondary N) is 1. The zero-order valence-corrected chi connectivity index (χ0v) is 17.7. The fourth-order valence-electron chi connectivity index (χ4n) is 3.58. The molecule has 0 saturated heterocycles. The maximum Gasteiger partial charge on any atom is 0.230 e. The van der Waals surface area contributed by atoms with Crippen LogP contribution < -0.4 is 10.1 Å². The number of carbonyl (C=O) groups excluding carboxylic acids is 1. The predicted octanol–water partition coefficient (Wildman–Crippen LogP) is 5.91. The van der Waals surface area contributed by atoms with Crippen LogP contribution in [0.5, 0.6) is 5.75 Å². The molecular weight excluding hydrogens is 397 g/mol. The lowest BCUT2D eigenvalue weighted by atomic mass is 9.83. The topological polar surface area (TPSA) is 38.3 Å². The molecule has 1 aliphatic rings. The molecule has 0 saturated carbocycles. The van der Waals surface area contributed by atoms with Gasteiger partial charge in [0.2, 0.25) is 5.91 Å². The van der Waals surface area contributed by atoms with Gasteiger partial charge in [-0.25, -0.2) is 4.39 Å². The van der Waals surface area contributed by atoms with E-state index >= 15 is 0 Å². The third kappa shape index (κ3) is 4.64. The number of thioether (sulfide) groups is 1. The summed E-state index contributed by atoms with van der Waals surface area (Å²) in [5.41, 5.74) is 1.19. The molecule has 150 valence electrons. The molecule has 0 spiro atoms. The van der Waals surface area contributed by atoms with Crippen LogP contribution in [0.3, 0.4) is 0 Å². The minimum Gasteiger partial charge on any atom is -0.487 e. The second-order valence-electron chi connectivity index (χ2n) is 7.05. The molecule has 2 aromatic carbocycles. The van der Waals surface area contributed by atoms with E-state index in [0.717, 1.165) is 30.6 Å². The Hall–Kier alpha value is -1.72. The Morgan fingerprint density at radius 1 is 1.25 bits per heavy atom. The summed E-state index contributed by atoms with van der Waals surface area (Å²) in [6.45, 7) is 4.23. The van der Waals surface area contributed by atoms with Crippen molar-refractivity contribution in [3.63, 3.8) is 0 Å². The van der Waals surface area contributed by atoms with Crippen molar-refractivity contribution in [3.05, 3.63) is 64.4 Å². The fourth-order valence-corrected chi connectivity index (χ4v) is 4.76. The van der Waals surface area contributed by atoms with Crippen LogP contribution in [0.2, 0.25) is 5.02 Å². The first-order valence-electron chi connectivity index (χ1n) is 9.56. The molecule has 28 heavy (non-hydrogen) atoms. The zero-order chi connectivity index (χ0) is 20.1. The largest absolute Gasteiger partial charge is 0.487 e. The van der Waals surface area contributed by atoms with Gasteiger partial charge in [-0.1, -0.05) is 49.7 Å². The molecule has 0 fully saturated rings. The van der Waals surface area contributed by atoms with E-state index in [2.05, 4.69) is 19.2 Å². The van der Waals surface area contributed by atoms with Crippen LogP contribution in [-0.4, -0.2) is 17.3 Å². The molecule has 3 nitrogen and oxygen atoms in total. The maximum atomic E-state index is 13.9. The quantitative estimate of drug-likeness (QED) is 0.603. The van der Waals surface area contributed by atoms with Crippen molar-refractivity contribution in [1.29, 1.82) is 0 Å². The van der Waals surface area contributed by atoms with Gasteiger partial charge in [-0.05, 0) is 31.0 Å². The third-order valence-corrected chi connectivity index (χ3v) is 6.68. The van der Waals surface area contributed by atoms with Crippen molar-refractivity contribution in [3.8, 4) is 5.75 Å². The van der Waals surface area contributed by atoms with Crippen molar-refractivity contribution in [2.75, 3.05) is 5.75 Å². The molecule has 3 rings (SSSR count). The van der Waals surface area contributed by atoms with Gasteiger partial charge in [-0.15, -0.1) is 11.8 Å². The van der Waals surface area contributed by atoms with Crippen LogP contribution >= 0.6 is 23.4 Å². The van der Waals surface area contributed by atoms with Crippen LogP contribution in [0.15, 0.2) is 42.5 Å². The smallest absolute Gasteiger partial charge is 0.230 e. The van der Waals surface area contributed by atoms with Gasteiger partial charge in [0.25, 0.3) is 0 Å². The number of hydrogen-bond donors (Lipinski definition) is 1. The normalized spacial score (nSPS) is 17.5. The Morgan fingerprint density at radius 2 is 2.00 bits per heavy atom. The van der Waals surface area contributed by atoms with Gasteiger partial charge in [0.15, 0.2) is 0 Å². The summed E-state index contributed by atoms with van der Waals surface area (Å²) in [4.78, 5) is 12.6. The molecule has 1 N–H and O–H groups in total. The molecule has 1 aliphatic heterocycles. The van der Waals surface area contributed by atoms with E-state index in [1.807, 2.05) is 24.3 Å². The molecule has 0 aromatic heterocycles. The van der Waals surface area contributed by atoms with E-state index < -0.39 is 0 Å². The molecule has 2 aromatic rings. The molecule has 0 aliphatic carbocycles. The van der Waals surface area contributed by atoms with Crippen molar-refractivity contribution >= 4 is 29.3 Å². The van der Waals surface area contributed by atoms with E-state index in [1.54, 1.807) is 12.1 Å². The molecule has 1 atom stereocenters. The highest BCUT2D eigenvalue weighted by atomic mass is 35.5. The van der Waals surface area contributed by atoms with Gasteiger partial charge >= 0.3 is 0 Å². The number of fused-ring (bicyclic) bond motifs is 1. The minimum absolute atomic E-state index is 0.0692. The lowest BCUT2D eigenvalue weighted by molar-refractivity contribution is -0.120. The first kappa shape index (κ1) is 21.0. The minimum atomic E-state index is -0.338. The van der Waals surface area contributed by atoms with Gasteiger partial charge in [0, 0.05) is 28.3 Å². The van der Waals surface area contributed by atoms with Crippen LogP contribution in [0.1, 0.15) is 50.3 Å². The summed E-state index contributed by atoms with van der Waals surface area (Å²) >= 11 is 7.41. The van der Waals surface area contributed by atoms with E-state index in [4.69, 9.17) is 16.3 Å². The molecule has 1 heterocycles. The number of ether oxygens (including phenoxy) is 1. The van der Waals surface area contributed by atoms with Crippen molar-refractivity contribution in [2.45, 2.75) is 50.5 Å². The van der Waals surface area contributed by atoms with E-state index in [-0.39, 0.29) is 29.1 Å². The molecule has 0 bridgehead atoms. The molecule has 0 unspecified atom stereocenters. The number of amides is 1. The van der Waals surface area contributed by atoms with Crippen molar-refractivity contribution < 1.29 is 13.9 Å².